The van der Waals surface area contributed by atoms with Crippen molar-refractivity contribution >= 4 is 16.3 Å². The highest BCUT2D eigenvalue weighted by Crippen LogP contribution is 2.41. The summed E-state index contributed by atoms with van der Waals surface area (Å²) in [5.74, 6) is 0.655. The number of aromatic hydroxyl groups is 1. The molecule has 1 atom stereocenters. The Morgan fingerprint density at radius 1 is 1.17 bits per heavy atom. The second-order valence-electron chi connectivity index (χ2n) is 7.29. The fourth-order valence-electron chi connectivity index (χ4n) is 3.98. The maximum Gasteiger partial charge on any atom is 0.230 e. The molecule has 1 aliphatic rings. The molecule has 30 heavy (non-hydrogen) atoms. The van der Waals surface area contributed by atoms with E-state index in [0.29, 0.717) is 27.0 Å². The second-order valence-corrected chi connectivity index (χ2v) is 8.30. The number of rotatable bonds is 5. The number of thiazole rings is 1. The summed E-state index contributed by atoms with van der Waals surface area (Å²) in [4.78, 5) is 10.3. The molecule has 4 aromatic rings. The molecule has 1 saturated heterocycles. The van der Waals surface area contributed by atoms with Crippen molar-refractivity contribution < 1.29 is 13.9 Å². The highest BCUT2D eigenvalue weighted by Gasteiger charge is 2.33. The smallest absolute Gasteiger partial charge is 0.230 e. The normalized spacial score (nSPS) is 17.0. The maximum atomic E-state index is 14.8. The summed E-state index contributed by atoms with van der Waals surface area (Å²) in [7, 11) is 0. The van der Waals surface area contributed by atoms with E-state index in [-0.39, 0.29) is 11.7 Å². The molecule has 0 unspecified atom stereocenters. The van der Waals surface area contributed by atoms with Gasteiger partial charge >= 0.3 is 0 Å². The molecule has 156 valence electrons. The van der Waals surface area contributed by atoms with Crippen molar-refractivity contribution in [1.29, 1.82) is 0 Å². The molecule has 0 radical (unpaired) electrons. The average molecular weight is 428 g/mol. The molecule has 0 amide bonds. The minimum atomic E-state index is -0.397. The summed E-state index contributed by atoms with van der Waals surface area (Å²) >= 11 is 1.33. The van der Waals surface area contributed by atoms with Crippen LogP contribution in [0, 0.1) is 5.82 Å². The molecule has 7 nitrogen and oxygen atoms in total. The highest BCUT2D eigenvalue weighted by molar-refractivity contribution is 7.17. The molecule has 0 saturated carbocycles. The fourth-order valence-corrected chi connectivity index (χ4v) is 5.08. The van der Waals surface area contributed by atoms with Crippen molar-refractivity contribution in [2.24, 2.45) is 0 Å². The first-order valence-corrected chi connectivity index (χ1v) is 10.8. The molecule has 0 bridgehead atoms. The SMILES string of the molecule is CCN1CCN([C@@H](c2ccccc2F)c2sc3nc(-c4ccco4)nn3c2O)CC1. The Bertz CT molecular complexity index is 1150. The van der Waals surface area contributed by atoms with Gasteiger partial charge in [0.05, 0.1) is 17.2 Å². The van der Waals surface area contributed by atoms with Gasteiger partial charge in [0.1, 0.15) is 5.82 Å². The number of hydrogen-bond donors (Lipinski definition) is 1. The third-order valence-electron chi connectivity index (χ3n) is 5.61. The molecular formula is C21H22FN5O2S. The maximum absolute atomic E-state index is 14.8. The van der Waals surface area contributed by atoms with Crippen LogP contribution in [0.25, 0.3) is 16.5 Å². The predicted molar refractivity (Wildman–Crippen MR) is 112 cm³/mol. The van der Waals surface area contributed by atoms with Crippen LogP contribution in [0.3, 0.4) is 0 Å². The van der Waals surface area contributed by atoms with Gasteiger partial charge in [-0.15, -0.1) is 5.10 Å². The summed E-state index contributed by atoms with van der Waals surface area (Å²) in [6.45, 7) is 6.54. The molecule has 3 aromatic heterocycles. The summed E-state index contributed by atoms with van der Waals surface area (Å²) in [5.41, 5.74) is 0.550. The van der Waals surface area contributed by atoms with Crippen molar-refractivity contribution in [3.05, 3.63) is 58.9 Å². The summed E-state index contributed by atoms with van der Waals surface area (Å²) < 4.78 is 21.6. The van der Waals surface area contributed by atoms with Gasteiger partial charge in [-0.1, -0.05) is 36.5 Å². The number of furan rings is 1. The Hall–Kier alpha value is -2.75. The van der Waals surface area contributed by atoms with E-state index < -0.39 is 6.04 Å². The largest absolute Gasteiger partial charge is 0.492 e. The van der Waals surface area contributed by atoms with Crippen LogP contribution in [-0.4, -0.2) is 62.2 Å². The van der Waals surface area contributed by atoms with Crippen LogP contribution in [0.1, 0.15) is 23.4 Å². The van der Waals surface area contributed by atoms with E-state index in [1.165, 1.54) is 21.9 Å². The minimum Gasteiger partial charge on any atom is -0.492 e. The standard InChI is InChI=1S/C21H22FN5O2S/c1-2-25-9-11-26(12-10-25)17(14-6-3-4-7-15(14)22)18-20(28)27-21(30-18)23-19(24-27)16-8-5-13-29-16/h3-8,13,17,28H,2,9-12H2,1H3/t17-/m0/s1. The zero-order chi connectivity index (χ0) is 20.7. The zero-order valence-electron chi connectivity index (χ0n) is 16.5. The van der Waals surface area contributed by atoms with E-state index in [1.54, 1.807) is 30.5 Å². The Morgan fingerprint density at radius 2 is 1.97 bits per heavy atom. The molecule has 1 N–H and O–H groups in total. The van der Waals surface area contributed by atoms with Gasteiger partial charge in [0.25, 0.3) is 0 Å². The fraction of sp³-hybridized carbons (Fsp3) is 0.333. The van der Waals surface area contributed by atoms with Gasteiger partial charge in [-0.2, -0.15) is 9.50 Å². The molecule has 0 aliphatic carbocycles. The first kappa shape index (κ1) is 19.2. The first-order chi connectivity index (χ1) is 14.7. The van der Waals surface area contributed by atoms with Gasteiger partial charge in [0.2, 0.25) is 16.7 Å². The van der Waals surface area contributed by atoms with Gasteiger partial charge in [0.15, 0.2) is 5.76 Å². The number of piperazine rings is 1. The van der Waals surface area contributed by atoms with Crippen molar-refractivity contribution in [2.45, 2.75) is 13.0 Å². The Labute approximate surface area is 177 Å². The third-order valence-corrected chi connectivity index (χ3v) is 6.68. The summed E-state index contributed by atoms with van der Waals surface area (Å²) in [6.07, 6.45) is 1.56. The molecule has 1 aliphatic heterocycles. The van der Waals surface area contributed by atoms with Gasteiger partial charge < -0.3 is 14.4 Å². The van der Waals surface area contributed by atoms with Crippen molar-refractivity contribution in [3.8, 4) is 17.5 Å². The number of fused-ring (bicyclic) bond motifs is 1. The van der Waals surface area contributed by atoms with E-state index in [2.05, 4.69) is 26.8 Å². The second kappa shape index (κ2) is 7.82. The Balaban J connectivity index is 1.57. The van der Waals surface area contributed by atoms with E-state index in [1.807, 2.05) is 6.07 Å². The van der Waals surface area contributed by atoms with Crippen LogP contribution in [0.2, 0.25) is 0 Å². The molecule has 4 heterocycles. The van der Waals surface area contributed by atoms with E-state index in [9.17, 15) is 9.50 Å². The number of benzene rings is 1. The van der Waals surface area contributed by atoms with Crippen LogP contribution < -0.4 is 0 Å². The Kier molecular flexibility index (Phi) is 5.01. The van der Waals surface area contributed by atoms with Crippen LogP contribution >= 0.6 is 11.3 Å². The lowest BCUT2D eigenvalue weighted by Crippen LogP contribution is -2.47. The van der Waals surface area contributed by atoms with Crippen LogP contribution in [-0.2, 0) is 0 Å². The number of nitrogens with zero attached hydrogens (tertiary/aromatic N) is 5. The van der Waals surface area contributed by atoms with E-state index in [0.717, 1.165) is 32.7 Å². The highest BCUT2D eigenvalue weighted by atomic mass is 32.1. The topological polar surface area (TPSA) is 70.0 Å². The van der Waals surface area contributed by atoms with Crippen molar-refractivity contribution in [3.63, 3.8) is 0 Å². The quantitative estimate of drug-likeness (QED) is 0.525. The minimum absolute atomic E-state index is 0.00789. The molecule has 5 rings (SSSR count). The molecule has 1 fully saturated rings. The van der Waals surface area contributed by atoms with Gasteiger partial charge in [-0.05, 0) is 24.7 Å². The Morgan fingerprint density at radius 3 is 2.63 bits per heavy atom. The van der Waals surface area contributed by atoms with E-state index >= 15 is 0 Å². The van der Waals surface area contributed by atoms with Crippen LogP contribution in [0.4, 0.5) is 4.39 Å². The lowest BCUT2D eigenvalue weighted by atomic mass is 10.0. The molecule has 0 spiro atoms. The van der Waals surface area contributed by atoms with Gasteiger partial charge in [-0.3, -0.25) is 4.90 Å². The lowest BCUT2D eigenvalue weighted by molar-refractivity contribution is 0.112. The number of aromatic nitrogens is 3. The van der Waals surface area contributed by atoms with E-state index in [4.69, 9.17) is 4.42 Å². The molecule has 9 heteroatoms. The molecular weight excluding hydrogens is 405 g/mol. The van der Waals surface area contributed by atoms with Crippen molar-refractivity contribution in [1.82, 2.24) is 24.4 Å². The van der Waals surface area contributed by atoms with Crippen molar-refractivity contribution in [2.75, 3.05) is 32.7 Å². The van der Waals surface area contributed by atoms with Gasteiger partial charge in [-0.25, -0.2) is 4.39 Å². The molecule has 1 aromatic carbocycles. The lowest BCUT2D eigenvalue weighted by Gasteiger charge is -2.38. The van der Waals surface area contributed by atoms with Crippen LogP contribution in [0.15, 0.2) is 47.1 Å². The zero-order valence-corrected chi connectivity index (χ0v) is 17.3. The number of hydrogen-bond acceptors (Lipinski definition) is 7. The monoisotopic (exact) mass is 427 g/mol. The van der Waals surface area contributed by atoms with Crippen LogP contribution in [0.5, 0.6) is 5.88 Å². The average Bonchev–Trinajstić information content (AvgIpc) is 3.49. The van der Waals surface area contributed by atoms with Gasteiger partial charge in [0, 0.05) is 31.7 Å². The number of likely N-dealkylation sites (N-methyl/N-ethyl adjacent to an activating group) is 1. The first-order valence-electron chi connectivity index (χ1n) is 9.99. The number of halogens is 1. The summed E-state index contributed by atoms with van der Waals surface area (Å²) in [6, 6.07) is 9.90. The summed E-state index contributed by atoms with van der Waals surface area (Å²) in [5, 5.41) is 15.4. The predicted octanol–water partition coefficient (Wildman–Crippen LogP) is 3.62. The third kappa shape index (κ3) is 3.28.